The maximum Gasteiger partial charge on any atom is 0.252 e. The van der Waals surface area contributed by atoms with Gasteiger partial charge in [0.1, 0.15) is 0 Å². The molecule has 0 unspecified atom stereocenters. The first-order valence-corrected chi connectivity index (χ1v) is 15.0. The fraction of sp³-hybridized carbons (Fsp3) is 0.500. The first-order valence-electron chi connectivity index (χ1n) is 14.1. The van der Waals surface area contributed by atoms with Crippen molar-refractivity contribution >= 4 is 29.3 Å². The summed E-state index contributed by atoms with van der Waals surface area (Å²) in [6, 6.07) is 10.5. The Labute approximate surface area is 235 Å². The number of likely N-dealkylation sites (tertiary alicyclic amines) is 1. The van der Waals surface area contributed by atoms with Crippen molar-refractivity contribution in [3.8, 4) is 11.3 Å². The summed E-state index contributed by atoms with van der Waals surface area (Å²) in [7, 11) is 0. The van der Waals surface area contributed by atoms with Crippen molar-refractivity contribution in [1.29, 1.82) is 0 Å². The van der Waals surface area contributed by atoms with Crippen LogP contribution in [0.15, 0.2) is 51.9 Å². The lowest BCUT2D eigenvalue weighted by Gasteiger charge is -2.33. The average molecular weight is 546 g/mol. The minimum Gasteiger partial charge on any atom is -0.378 e. The van der Waals surface area contributed by atoms with Crippen molar-refractivity contribution in [3.63, 3.8) is 0 Å². The van der Waals surface area contributed by atoms with E-state index in [4.69, 9.17) is 19.8 Å². The third-order valence-electron chi connectivity index (χ3n) is 8.37. The van der Waals surface area contributed by atoms with Gasteiger partial charge in [0.25, 0.3) is 5.96 Å². The molecule has 206 valence electrons. The van der Waals surface area contributed by atoms with Crippen molar-refractivity contribution < 1.29 is 4.74 Å². The standard InChI is InChI=1S/C30H39N7OS/c1-23-4-3-5-25(18-23)26-6-12-37(34-26)29(32-22-35-14-16-38-17-15-35)33-27-20-39-28(24(27)2)19-36-13-9-30(21-36)7-10-31-11-8-30/h3-6,12,18,20,22,31H,7-11,13-17,19,21H2,1-2H3. The Morgan fingerprint density at radius 1 is 1.13 bits per heavy atom. The van der Waals surface area contributed by atoms with Crippen LogP contribution in [-0.4, -0.2) is 84.4 Å². The number of thiophene rings is 1. The molecule has 6 rings (SSSR count). The second-order valence-corrected chi connectivity index (χ2v) is 12.2. The Morgan fingerprint density at radius 3 is 2.79 bits per heavy atom. The van der Waals surface area contributed by atoms with Gasteiger partial charge in [-0.15, -0.1) is 11.3 Å². The summed E-state index contributed by atoms with van der Waals surface area (Å²) in [5.41, 5.74) is 5.97. The molecular weight excluding hydrogens is 506 g/mol. The van der Waals surface area contributed by atoms with E-state index in [0.29, 0.717) is 11.4 Å². The molecule has 0 amide bonds. The van der Waals surface area contributed by atoms with Crippen LogP contribution in [0, 0.1) is 19.3 Å². The largest absolute Gasteiger partial charge is 0.378 e. The van der Waals surface area contributed by atoms with Crippen LogP contribution in [0.5, 0.6) is 0 Å². The third kappa shape index (κ3) is 6.17. The van der Waals surface area contributed by atoms with E-state index < -0.39 is 0 Å². The van der Waals surface area contributed by atoms with Gasteiger partial charge < -0.3 is 15.0 Å². The van der Waals surface area contributed by atoms with Crippen molar-refractivity contribution in [2.24, 2.45) is 15.4 Å². The van der Waals surface area contributed by atoms with Crippen LogP contribution in [0.4, 0.5) is 5.69 Å². The van der Waals surface area contributed by atoms with Crippen LogP contribution in [0.3, 0.4) is 0 Å². The molecule has 5 heterocycles. The fourth-order valence-corrected chi connectivity index (χ4v) is 6.93. The van der Waals surface area contributed by atoms with Crippen LogP contribution in [-0.2, 0) is 11.3 Å². The number of aromatic nitrogens is 2. The highest BCUT2D eigenvalue weighted by Crippen LogP contribution is 2.40. The molecular formula is C30H39N7OS. The lowest BCUT2D eigenvalue weighted by atomic mass is 9.78. The molecule has 1 spiro atoms. The predicted molar refractivity (Wildman–Crippen MR) is 159 cm³/mol. The fourth-order valence-electron chi connectivity index (χ4n) is 5.91. The Hall–Kier alpha value is -2.85. The van der Waals surface area contributed by atoms with Gasteiger partial charge >= 0.3 is 0 Å². The number of piperidine rings is 1. The van der Waals surface area contributed by atoms with E-state index in [0.717, 1.165) is 62.9 Å². The van der Waals surface area contributed by atoms with Gasteiger partial charge in [0, 0.05) is 48.2 Å². The average Bonchev–Trinajstić information content (AvgIpc) is 3.68. The van der Waals surface area contributed by atoms with Crippen molar-refractivity contribution in [2.75, 3.05) is 52.5 Å². The minimum absolute atomic E-state index is 0.522. The number of nitrogens with one attached hydrogen (secondary N) is 1. The van der Waals surface area contributed by atoms with Gasteiger partial charge in [0.05, 0.1) is 30.9 Å². The molecule has 3 aliphatic heterocycles. The number of ether oxygens (including phenoxy) is 1. The summed E-state index contributed by atoms with van der Waals surface area (Å²) in [6.45, 7) is 13.2. The Morgan fingerprint density at radius 2 is 1.97 bits per heavy atom. The quantitative estimate of drug-likeness (QED) is 0.372. The first-order chi connectivity index (χ1) is 19.1. The normalized spacial score (nSPS) is 20.5. The number of aliphatic imine (C=N–C) groups is 2. The zero-order chi connectivity index (χ0) is 26.7. The maximum atomic E-state index is 5.50. The van der Waals surface area contributed by atoms with E-state index >= 15 is 0 Å². The molecule has 1 N–H and O–H groups in total. The maximum absolute atomic E-state index is 5.50. The molecule has 39 heavy (non-hydrogen) atoms. The van der Waals surface area contributed by atoms with Crippen molar-refractivity contribution in [3.05, 3.63) is 57.9 Å². The number of hydrogen-bond donors (Lipinski definition) is 1. The van der Waals surface area contributed by atoms with E-state index in [1.165, 1.54) is 48.4 Å². The zero-order valence-electron chi connectivity index (χ0n) is 23.1. The Balaban J connectivity index is 1.24. The number of benzene rings is 1. The van der Waals surface area contributed by atoms with Gasteiger partial charge in [-0.05, 0) is 75.9 Å². The topological polar surface area (TPSA) is 70.3 Å². The molecule has 9 heteroatoms. The highest BCUT2D eigenvalue weighted by molar-refractivity contribution is 7.10. The molecule has 0 atom stereocenters. The summed E-state index contributed by atoms with van der Waals surface area (Å²) in [5.74, 6) is 0.572. The van der Waals surface area contributed by atoms with E-state index in [-0.39, 0.29) is 0 Å². The van der Waals surface area contributed by atoms with Crippen LogP contribution < -0.4 is 5.32 Å². The number of aryl methyl sites for hydroxylation is 1. The molecule has 3 saturated heterocycles. The van der Waals surface area contributed by atoms with Gasteiger partial charge in [-0.3, -0.25) is 4.90 Å². The highest BCUT2D eigenvalue weighted by Gasteiger charge is 2.38. The molecule has 8 nitrogen and oxygen atoms in total. The van der Waals surface area contributed by atoms with Crippen molar-refractivity contribution in [2.45, 2.75) is 39.7 Å². The summed E-state index contributed by atoms with van der Waals surface area (Å²) in [5, 5.41) is 10.6. The molecule has 1 aromatic carbocycles. The van der Waals surface area contributed by atoms with Gasteiger partial charge in [0.15, 0.2) is 0 Å². The molecule has 0 radical (unpaired) electrons. The van der Waals surface area contributed by atoms with Crippen LogP contribution >= 0.6 is 11.3 Å². The molecule has 2 aromatic heterocycles. The number of rotatable bonds is 5. The summed E-state index contributed by atoms with van der Waals surface area (Å²) in [6.07, 6.45) is 7.79. The van der Waals surface area contributed by atoms with Gasteiger partial charge in [-0.25, -0.2) is 14.7 Å². The van der Waals surface area contributed by atoms with E-state index in [2.05, 4.69) is 58.6 Å². The summed E-state index contributed by atoms with van der Waals surface area (Å²) >= 11 is 1.82. The molecule has 0 bridgehead atoms. The number of morpholine rings is 1. The van der Waals surface area contributed by atoms with Crippen LogP contribution in [0.25, 0.3) is 11.3 Å². The van der Waals surface area contributed by atoms with E-state index in [1.54, 1.807) is 4.68 Å². The molecule has 3 aliphatic rings. The van der Waals surface area contributed by atoms with Crippen LogP contribution in [0.1, 0.15) is 35.3 Å². The summed E-state index contributed by atoms with van der Waals surface area (Å²) in [4.78, 5) is 16.1. The lowest BCUT2D eigenvalue weighted by Crippen LogP contribution is -2.38. The highest BCUT2D eigenvalue weighted by atomic mass is 32.1. The van der Waals surface area contributed by atoms with Gasteiger partial charge in [-0.1, -0.05) is 23.8 Å². The zero-order valence-corrected chi connectivity index (χ0v) is 23.9. The molecule has 3 fully saturated rings. The first kappa shape index (κ1) is 26.4. The predicted octanol–water partition coefficient (Wildman–Crippen LogP) is 4.70. The van der Waals surface area contributed by atoms with Gasteiger partial charge in [-0.2, -0.15) is 5.10 Å². The monoisotopic (exact) mass is 545 g/mol. The lowest BCUT2D eigenvalue weighted by molar-refractivity contribution is 0.0701. The van der Waals surface area contributed by atoms with Crippen LogP contribution in [0.2, 0.25) is 0 Å². The SMILES string of the molecule is Cc1cccc(-c2ccn(C(N=CN3CCOCC3)=Nc3csc(CN4CCC5(CCNCC5)C4)c3C)n2)c1. The Kier molecular flexibility index (Phi) is 7.92. The van der Waals surface area contributed by atoms with E-state index in [1.807, 2.05) is 29.9 Å². The second-order valence-electron chi connectivity index (χ2n) is 11.2. The number of nitrogens with zero attached hydrogens (tertiary/aromatic N) is 6. The van der Waals surface area contributed by atoms with Crippen molar-refractivity contribution in [1.82, 2.24) is 24.9 Å². The van der Waals surface area contributed by atoms with Gasteiger partial charge in [0.2, 0.25) is 0 Å². The molecule has 3 aromatic rings. The molecule has 0 aliphatic carbocycles. The Bertz CT molecular complexity index is 1330. The summed E-state index contributed by atoms with van der Waals surface area (Å²) < 4.78 is 7.30. The number of hydrogen-bond acceptors (Lipinski definition) is 6. The minimum atomic E-state index is 0.522. The van der Waals surface area contributed by atoms with E-state index in [9.17, 15) is 0 Å². The third-order valence-corrected chi connectivity index (χ3v) is 9.44. The smallest absolute Gasteiger partial charge is 0.252 e. The molecule has 0 saturated carbocycles. The second kappa shape index (κ2) is 11.7.